The third-order valence-electron chi connectivity index (χ3n) is 10.3. The van der Waals surface area contributed by atoms with Gasteiger partial charge in [-0.1, -0.05) is 146 Å². The van der Waals surface area contributed by atoms with Crippen LogP contribution in [0.5, 0.6) is 0 Å². The summed E-state index contributed by atoms with van der Waals surface area (Å²) in [4.78, 5) is 15.8. The van der Waals surface area contributed by atoms with Crippen molar-refractivity contribution < 1.29 is 8.83 Å². The van der Waals surface area contributed by atoms with Crippen LogP contribution < -0.4 is 0 Å². The molecule has 0 unspecified atom stereocenters. The largest absolute Gasteiger partial charge is 0.455 e. The van der Waals surface area contributed by atoms with Crippen LogP contribution in [-0.4, -0.2) is 15.0 Å². The van der Waals surface area contributed by atoms with Gasteiger partial charge in [-0.25, -0.2) is 15.0 Å². The van der Waals surface area contributed by atoms with E-state index in [1.807, 2.05) is 48.5 Å². The summed E-state index contributed by atoms with van der Waals surface area (Å²) in [7, 11) is 0. The van der Waals surface area contributed by atoms with Gasteiger partial charge in [0.25, 0.3) is 0 Å². The molecule has 0 radical (unpaired) electrons. The van der Waals surface area contributed by atoms with Crippen molar-refractivity contribution in [2.45, 2.75) is 0 Å². The second-order valence-corrected chi connectivity index (χ2v) is 13.5. The predicted molar refractivity (Wildman–Crippen MR) is 219 cm³/mol. The van der Waals surface area contributed by atoms with Gasteiger partial charge in [0.15, 0.2) is 17.5 Å². The summed E-state index contributed by atoms with van der Waals surface area (Å²) in [6.45, 7) is 0. The van der Waals surface area contributed by atoms with Crippen molar-refractivity contribution in [2.75, 3.05) is 0 Å². The van der Waals surface area contributed by atoms with Gasteiger partial charge in [0.1, 0.15) is 22.3 Å². The highest BCUT2D eigenvalue weighted by molar-refractivity contribution is 6.22. The number of para-hydroxylation sites is 2. The molecule has 0 fully saturated rings. The third kappa shape index (κ3) is 4.83. The molecule has 3 heterocycles. The first kappa shape index (κ1) is 30.3. The number of hydrogen-bond donors (Lipinski definition) is 0. The number of aromatic nitrogens is 3. The second kappa shape index (κ2) is 12.1. The maximum absolute atomic E-state index is 6.67. The third-order valence-corrected chi connectivity index (χ3v) is 10.3. The van der Waals surface area contributed by atoms with Crippen molar-refractivity contribution in [2.24, 2.45) is 0 Å². The molecule has 5 nitrogen and oxygen atoms in total. The lowest BCUT2D eigenvalue weighted by Gasteiger charge is -2.12. The van der Waals surface area contributed by atoms with Gasteiger partial charge in [0.05, 0.1) is 5.56 Å². The molecule has 0 spiro atoms. The fourth-order valence-electron chi connectivity index (χ4n) is 7.83. The maximum atomic E-state index is 6.67. The number of hydrogen-bond acceptors (Lipinski definition) is 5. The molecule has 3 aromatic heterocycles. The van der Waals surface area contributed by atoms with E-state index in [2.05, 4.69) is 127 Å². The summed E-state index contributed by atoms with van der Waals surface area (Å²) < 4.78 is 13.2. The van der Waals surface area contributed by atoms with E-state index >= 15 is 0 Å². The molecule has 0 bridgehead atoms. The molecule has 0 atom stereocenters. The van der Waals surface area contributed by atoms with Crippen LogP contribution in [0.15, 0.2) is 185 Å². The fourth-order valence-corrected chi connectivity index (χ4v) is 7.83. The van der Waals surface area contributed by atoms with Crippen LogP contribution in [0.4, 0.5) is 0 Å². The Labute approximate surface area is 309 Å². The minimum atomic E-state index is 0.538. The monoisotopic (exact) mass is 691 g/mol. The van der Waals surface area contributed by atoms with Crippen molar-refractivity contribution in [3.63, 3.8) is 0 Å². The minimum absolute atomic E-state index is 0.538. The summed E-state index contributed by atoms with van der Waals surface area (Å²) in [5, 5.41) is 6.12. The number of furan rings is 2. The predicted octanol–water partition coefficient (Wildman–Crippen LogP) is 13.2. The summed E-state index contributed by atoms with van der Waals surface area (Å²) >= 11 is 0. The minimum Gasteiger partial charge on any atom is -0.455 e. The van der Waals surface area contributed by atoms with Gasteiger partial charge in [-0.05, 0) is 58.0 Å². The Bertz CT molecular complexity index is 3220. The normalized spacial score (nSPS) is 11.7. The summed E-state index contributed by atoms with van der Waals surface area (Å²) in [6.07, 6.45) is 0. The highest BCUT2D eigenvalue weighted by atomic mass is 16.3. The van der Waals surface area contributed by atoms with E-state index in [9.17, 15) is 0 Å². The van der Waals surface area contributed by atoms with Gasteiger partial charge in [-0.2, -0.15) is 0 Å². The SMILES string of the molecule is c1ccc(-c2cccc(-c3nc(-c4cc5c(oc6cccc(-c7ccccc7)c65)c5ccccc45)nc(-c4cccc5c4oc4ccccc45)n3)c2)cc1. The van der Waals surface area contributed by atoms with Crippen LogP contribution in [0, 0.1) is 0 Å². The molecule has 54 heavy (non-hydrogen) atoms. The molecule has 8 aromatic carbocycles. The molecular weight excluding hydrogens is 663 g/mol. The molecule has 0 N–H and O–H groups in total. The Hall–Kier alpha value is -7.37. The van der Waals surface area contributed by atoms with Crippen LogP contribution in [0.3, 0.4) is 0 Å². The van der Waals surface area contributed by atoms with Crippen molar-refractivity contribution in [3.05, 3.63) is 176 Å². The number of benzene rings is 8. The number of fused-ring (bicyclic) bond motifs is 8. The smallest absolute Gasteiger partial charge is 0.167 e. The number of rotatable bonds is 5. The summed E-state index contributed by atoms with van der Waals surface area (Å²) in [5.41, 5.74) is 10.3. The van der Waals surface area contributed by atoms with Crippen molar-refractivity contribution in [1.29, 1.82) is 0 Å². The molecule has 5 heteroatoms. The van der Waals surface area contributed by atoms with Crippen molar-refractivity contribution in [3.8, 4) is 56.4 Å². The lowest BCUT2D eigenvalue weighted by molar-refractivity contribution is 0.669. The average Bonchev–Trinajstić information content (AvgIpc) is 3.83. The zero-order valence-corrected chi connectivity index (χ0v) is 28.9. The van der Waals surface area contributed by atoms with Crippen LogP contribution in [0.25, 0.3) is 111 Å². The quantitative estimate of drug-likeness (QED) is 0.180. The molecular formula is C49H29N3O2. The molecule has 0 aliphatic rings. The number of nitrogens with zero attached hydrogens (tertiary/aromatic N) is 3. The van der Waals surface area contributed by atoms with Crippen molar-refractivity contribution in [1.82, 2.24) is 15.0 Å². The zero-order valence-electron chi connectivity index (χ0n) is 28.9. The topological polar surface area (TPSA) is 65.0 Å². The molecule has 0 saturated heterocycles. The molecule has 0 saturated carbocycles. The first-order valence-electron chi connectivity index (χ1n) is 18.0. The van der Waals surface area contributed by atoms with Gasteiger partial charge < -0.3 is 8.83 Å². The first-order valence-corrected chi connectivity index (χ1v) is 18.0. The standard InChI is InChI=1S/C49H29N3O2/c1-3-14-30(15-4-1)32-18-11-19-33(28-32)47-50-48(39-25-12-24-38-36-21-9-10-26-42(36)53-45(38)39)52-49(51-47)40-29-41-44-34(31-16-5-2-6-17-31)23-13-27-43(44)54-46(41)37-22-8-7-20-35(37)40/h1-29H. The maximum Gasteiger partial charge on any atom is 0.167 e. The van der Waals surface area contributed by atoms with Gasteiger partial charge in [0, 0.05) is 38.1 Å². The molecule has 0 aliphatic heterocycles. The fraction of sp³-hybridized carbons (Fsp3) is 0. The molecule has 11 rings (SSSR count). The van der Waals surface area contributed by atoms with E-state index in [1.54, 1.807) is 0 Å². The Morgan fingerprint density at radius 2 is 0.833 bits per heavy atom. The molecule has 252 valence electrons. The lowest BCUT2D eigenvalue weighted by Crippen LogP contribution is -2.01. The van der Waals surface area contributed by atoms with Crippen LogP contribution in [0.1, 0.15) is 0 Å². The molecule has 0 amide bonds. The highest BCUT2D eigenvalue weighted by Gasteiger charge is 2.22. The van der Waals surface area contributed by atoms with E-state index < -0.39 is 0 Å². The van der Waals surface area contributed by atoms with E-state index in [1.165, 1.54) is 0 Å². The van der Waals surface area contributed by atoms with Crippen molar-refractivity contribution >= 4 is 54.6 Å². The lowest BCUT2D eigenvalue weighted by atomic mass is 9.96. The van der Waals surface area contributed by atoms with E-state index in [0.29, 0.717) is 17.5 Å². The van der Waals surface area contributed by atoms with Crippen LogP contribution in [0.2, 0.25) is 0 Å². The van der Waals surface area contributed by atoms with Gasteiger partial charge >= 0.3 is 0 Å². The molecule has 11 aromatic rings. The van der Waals surface area contributed by atoms with E-state index in [-0.39, 0.29) is 0 Å². The summed E-state index contributed by atoms with van der Waals surface area (Å²) in [5.74, 6) is 1.68. The van der Waals surface area contributed by atoms with E-state index in [4.69, 9.17) is 23.8 Å². The Kier molecular flexibility index (Phi) is 6.79. The van der Waals surface area contributed by atoms with E-state index in [0.717, 1.165) is 93.6 Å². The molecule has 0 aliphatic carbocycles. The Morgan fingerprint density at radius 1 is 0.296 bits per heavy atom. The zero-order chi connectivity index (χ0) is 35.6. The average molecular weight is 692 g/mol. The first-order chi connectivity index (χ1) is 26.8. The van der Waals surface area contributed by atoms with Gasteiger partial charge in [0.2, 0.25) is 0 Å². The van der Waals surface area contributed by atoms with Crippen LogP contribution >= 0.6 is 0 Å². The second-order valence-electron chi connectivity index (χ2n) is 13.5. The highest BCUT2D eigenvalue weighted by Crippen LogP contribution is 2.43. The van der Waals surface area contributed by atoms with Gasteiger partial charge in [-0.3, -0.25) is 0 Å². The Balaban J connectivity index is 1.21. The van der Waals surface area contributed by atoms with Gasteiger partial charge in [-0.15, -0.1) is 0 Å². The Morgan fingerprint density at radius 3 is 1.67 bits per heavy atom. The van der Waals surface area contributed by atoms with Crippen LogP contribution in [-0.2, 0) is 0 Å². The summed E-state index contributed by atoms with van der Waals surface area (Å²) in [6, 6.07) is 60.3.